The van der Waals surface area contributed by atoms with E-state index in [1.54, 1.807) is 0 Å². The van der Waals surface area contributed by atoms with Gasteiger partial charge in [0.15, 0.2) is 17.2 Å². The molecule has 0 radical (unpaired) electrons. The van der Waals surface area contributed by atoms with E-state index < -0.39 is 23.1 Å². The first-order valence-corrected chi connectivity index (χ1v) is 8.18. The van der Waals surface area contributed by atoms with Crippen molar-refractivity contribution in [3.8, 4) is 0 Å². The van der Waals surface area contributed by atoms with Gasteiger partial charge in [-0.1, -0.05) is 18.6 Å². The van der Waals surface area contributed by atoms with Gasteiger partial charge in [0.1, 0.15) is 0 Å². The predicted molar refractivity (Wildman–Crippen MR) is 81.6 cm³/mol. The zero-order chi connectivity index (χ0) is 16.4. The van der Waals surface area contributed by atoms with E-state index in [9.17, 15) is 18.7 Å². The van der Waals surface area contributed by atoms with Crippen LogP contribution in [0.25, 0.3) is 0 Å². The number of hydrogen-bond donors (Lipinski definition) is 2. The van der Waals surface area contributed by atoms with Crippen LogP contribution in [0.3, 0.4) is 0 Å². The summed E-state index contributed by atoms with van der Waals surface area (Å²) in [6.45, 7) is 0.646. The molecule has 0 spiro atoms. The van der Waals surface area contributed by atoms with Crippen LogP contribution in [0.4, 0.5) is 8.78 Å². The van der Waals surface area contributed by atoms with Crippen LogP contribution in [-0.2, 0) is 11.3 Å². The number of carbonyl (C=O) groups excluding carboxylic acids is 1. The summed E-state index contributed by atoms with van der Waals surface area (Å²) in [5.74, 6) is -2.25. The average Bonchev–Trinajstić information content (AvgIpc) is 2.47. The van der Waals surface area contributed by atoms with E-state index in [1.165, 1.54) is 23.5 Å². The van der Waals surface area contributed by atoms with Crippen LogP contribution in [0.5, 0.6) is 0 Å². The molecular formula is C17H22F2N2O2. The third-order valence-electron chi connectivity index (χ3n) is 4.88. The summed E-state index contributed by atoms with van der Waals surface area (Å²) in [6.07, 6.45) is 4.36. The predicted octanol–water partition coefficient (Wildman–Crippen LogP) is 1.96. The highest BCUT2D eigenvalue weighted by atomic mass is 19.2. The molecule has 1 aromatic rings. The van der Waals surface area contributed by atoms with Gasteiger partial charge in [0.25, 0.3) is 5.91 Å². The maximum atomic E-state index is 13.8. The van der Waals surface area contributed by atoms with E-state index in [0.29, 0.717) is 25.4 Å². The van der Waals surface area contributed by atoms with Crippen molar-refractivity contribution >= 4 is 5.91 Å². The van der Waals surface area contributed by atoms with Gasteiger partial charge in [0, 0.05) is 31.2 Å². The third-order valence-corrected chi connectivity index (χ3v) is 4.88. The highest BCUT2D eigenvalue weighted by Crippen LogP contribution is 2.26. The Kier molecular flexibility index (Phi) is 4.64. The van der Waals surface area contributed by atoms with Gasteiger partial charge in [0.2, 0.25) is 0 Å². The molecule has 1 saturated carbocycles. The Bertz CT molecular complexity index is 592. The van der Waals surface area contributed by atoms with Crippen molar-refractivity contribution in [2.75, 3.05) is 13.1 Å². The van der Waals surface area contributed by atoms with Crippen molar-refractivity contribution in [3.05, 3.63) is 35.4 Å². The van der Waals surface area contributed by atoms with Crippen molar-refractivity contribution in [2.45, 2.75) is 50.3 Å². The van der Waals surface area contributed by atoms with Crippen LogP contribution in [0.2, 0.25) is 0 Å². The van der Waals surface area contributed by atoms with Crippen LogP contribution in [0, 0.1) is 11.6 Å². The van der Waals surface area contributed by atoms with Crippen molar-refractivity contribution < 1.29 is 18.7 Å². The molecule has 0 bridgehead atoms. The Morgan fingerprint density at radius 3 is 2.78 bits per heavy atom. The second-order valence-corrected chi connectivity index (χ2v) is 6.58. The summed E-state index contributed by atoms with van der Waals surface area (Å²) in [7, 11) is 0. The summed E-state index contributed by atoms with van der Waals surface area (Å²) < 4.78 is 27.1. The van der Waals surface area contributed by atoms with Gasteiger partial charge >= 0.3 is 0 Å². The number of piperidine rings is 1. The molecule has 0 aromatic heterocycles. The lowest BCUT2D eigenvalue weighted by molar-refractivity contribution is -0.157. The number of hydrogen-bond acceptors (Lipinski definition) is 3. The monoisotopic (exact) mass is 324 g/mol. The van der Waals surface area contributed by atoms with Crippen LogP contribution < -0.4 is 5.32 Å². The zero-order valence-electron chi connectivity index (χ0n) is 13.0. The zero-order valence-corrected chi connectivity index (χ0v) is 13.0. The number of likely N-dealkylation sites (tertiary alicyclic amines) is 1. The molecule has 1 heterocycles. The van der Waals surface area contributed by atoms with Gasteiger partial charge in [-0.2, -0.15) is 0 Å². The SMILES string of the molecule is O=C1N(Cc2cccc(F)c2F)CCCC1(O)CNC1CCC1. The van der Waals surface area contributed by atoms with E-state index >= 15 is 0 Å². The van der Waals surface area contributed by atoms with Gasteiger partial charge in [0.05, 0.1) is 0 Å². The number of halogens is 2. The molecule has 1 amide bonds. The van der Waals surface area contributed by atoms with Crippen LogP contribution in [0.1, 0.15) is 37.7 Å². The van der Waals surface area contributed by atoms with Crippen LogP contribution >= 0.6 is 0 Å². The van der Waals surface area contributed by atoms with E-state index in [1.807, 2.05) is 0 Å². The number of aliphatic hydroxyl groups is 1. The number of carbonyl (C=O) groups is 1. The Labute approximate surface area is 134 Å². The fourth-order valence-electron chi connectivity index (χ4n) is 3.18. The molecule has 6 heteroatoms. The molecule has 1 aliphatic heterocycles. The van der Waals surface area contributed by atoms with Gasteiger partial charge < -0.3 is 15.3 Å². The minimum absolute atomic E-state index is 0.0197. The molecule has 1 atom stereocenters. The molecule has 1 saturated heterocycles. The summed E-state index contributed by atoms with van der Waals surface area (Å²) in [4.78, 5) is 14.0. The molecule has 2 fully saturated rings. The van der Waals surface area contributed by atoms with E-state index in [0.717, 1.165) is 18.9 Å². The second-order valence-electron chi connectivity index (χ2n) is 6.58. The smallest absolute Gasteiger partial charge is 0.256 e. The largest absolute Gasteiger partial charge is 0.379 e. The average molecular weight is 324 g/mol. The number of benzene rings is 1. The maximum Gasteiger partial charge on any atom is 0.256 e. The fraction of sp³-hybridized carbons (Fsp3) is 0.588. The summed E-state index contributed by atoms with van der Waals surface area (Å²) in [6, 6.07) is 4.32. The minimum Gasteiger partial charge on any atom is -0.379 e. The molecule has 23 heavy (non-hydrogen) atoms. The quantitative estimate of drug-likeness (QED) is 0.870. The first kappa shape index (κ1) is 16.3. The van der Waals surface area contributed by atoms with Gasteiger partial charge in [-0.25, -0.2) is 8.78 Å². The molecule has 1 aliphatic carbocycles. The van der Waals surface area contributed by atoms with E-state index in [4.69, 9.17) is 0 Å². The van der Waals surface area contributed by atoms with Crippen LogP contribution in [0.15, 0.2) is 18.2 Å². The number of amides is 1. The lowest BCUT2D eigenvalue weighted by atomic mass is 9.88. The molecule has 126 valence electrons. The van der Waals surface area contributed by atoms with E-state index in [-0.39, 0.29) is 18.7 Å². The lowest BCUT2D eigenvalue weighted by Gasteiger charge is -2.40. The molecule has 4 nitrogen and oxygen atoms in total. The van der Waals surface area contributed by atoms with Crippen molar-refractivity contribution in [3.63, 3.8) is 0 Å². The number of rotatable bonds is 5. The Balaban J connectivity index is 1.67. The molecule has 2 aliphatic rings. The van der Waals surface area contributed by atoms with E-state index in [2.05, 4.69) is 5.32 Å². The normalized spacial score (nSPS) is 25.5. The van der Waals surface area contributed by atoms with Crippen molar-refractivity contribution in [2.24, 2.45) is 0 Å². The van der Waals surface area contributed by atoms with Gasteiger partial charge in [-0.15, -0.1) is 0 Å². The molecule has 3 rings (SSSR count). The second kappa shape index (κ2) is 6.53. The Morgan fingerprint density at radius 1 is 1.30 bits per heavy atom. The minimum atomic E-state index is -1.45. The first-order chi connectivity index (χ1) is 11.0. The Hall–Kier alpha value is -1.53. The number of nitrogens with zero attached hydrogens (tertiary/aromatic N) is 1. The first-order valence-electron chi connectivity index (χ1n) is 8.18. The lowest BCUT2D eigenvalue weighted by Crippen LogP contribution is -2.59. The molecular weight excluding hydrogens is 302 g/mol. The van der Waals surface area contributed by atoms with Crippen molar-refractivity contribution in [1.82, 2.24) is 10.2 Å². The van der Waals surface area contributed by atoms with Crippen LogP contribution in [-0.4, -0.2) is 40.6 Å². The maximum absolute atomic E-state index is 13.8. The highest BCUT2D eigenvalue weighted by Gasteiger charge is 2.42. The molecule has 1 unspecified atom stereocenters. The topological polar surface area (TPSA) is 52.6 Å². The molecule has 1 aromatic carbocycles. The number of nitrogens with one attached hydrogen (secondary N) is 1. The highest BCUT2D eigenvalue weighted by molar-refractivity contribution is 5.86. The van der Waals surface area contributed by atoms with Gasteiger partial charge in [-0.3, -0.25) is 4.79 Å². The van der Waals surface area contributed by atoms with Gasteiger partial charge in [-0.05, 0) is 31.7 Å². The Morgan fingerprint density at radius 2 is 2.09 bits per heavy atom. The van der Waals surface area contributed by atoms with Crippen molar-refractivity contribution in [1.29, 1.82) is 0 Å². The standard InChI is InChI=1S/C17H22F2N2O2/c18-14-7-1-4-12(15(14)19)10-21-9-3-8-17(23,16(21)22)11-20-13-5-2-6-13/h1,4,7,13,20,23H,2-3,5-6,8-11H2. The summed E-state index contributed by atoms with van der Waals surface area (Å²) in [5.41, 5.74) is -1.31. The molecule has 2 N–H and O–H groups in total. The summed E-state index contributed by atoms with van der Waals surface area (Å²) in [5, 5.41) is 13.9. The summed E-state index contributed by atoms with van der Waals surface area (Å²) >= 11 is 0. The third kappa shape index (κ3) is 3.38. The fourth-order valence-corrected chi connectivity index (χ4v) is 3.18.